The van der Waals surface area contributed by atoms with Gasteiger partial charge in [0.25, 0.3) is 0 Å². The Morgan fingerprint density at radius 3 is 2.45 bits per heavy atom. The fourth-order valence-corrected chi connectivity index (χ4v) is 3.18. The first-order valence-electron chi connectivity index (χ1n) is 6.62. The van der Waals surface area contributed by atoms with Crippen LogP contribution >= 0.6 is 31.9 Å². The first kappa shape index (κ1) is 15.7. The maximum Gasteiger partial charge on any atom is 0.0757 e. The molecule has 0 aliphatic heterocycles. The summed E-state index contributed by atoms with van der Waals surface area (Å²) in [5, 5.41) is 7.86. The first-order valence-corrected chi connectivity index (χ1v) is 8.20. The molecule has 0 aliphatic rings. The summed E-state index contributed by atoms with van der Waals surface area (Å²) in [6.45, 7) is 6.37. The van der Waals surface area contributed by atoms with Crippen LogP contribution in [0.2, 0.25) is 0 Å². The minimum absolute atomic E-state index is 0.103. The molecule has 1 N–H and O–H groups in total. The van der Waals surface area contributed by atoms with Crippen LogP contribution in [0.5, 0.6) is 0 Å². The van der Waals surface area contributed by atoms with E-state index >= 15 is 0 Å². The van der Waals surface area contributed by atoms with E-state index in [1.54, 1.807) is 0 Å². The Balaban J connectivity index is 2.52. The lowest BCUT2D eigenvalue weighted by atomic mass is 10.0. The molecule has 1 unspecified atom stereocenters. The molecule has 2 rings (SSSR count). The Morgan fingerprint density at radius 1 is 1.20 bits per heavy atom. The number of halogens is 2. The van der Waals surface area contributed by atoms with Crippen LogP contribution in [0.15, 0.2) is 33.3 Å². The molecule has 5 heteroatoms. The molecule has 1 aromatic heterocycles. The van der Waals surface area contributed by atoms with E-state index in [0.29, 0.717) is 6.04 Å². The predicted octanol–water partition coefficient (Wildman–Crippen LogP) is 4.61. The molecule has 1 aromatic carbocycles. The molecule has 1 atom stereocenters. The van der Waals surface area contributed by atoms with Gasteiger partial charge < -0.3 is 5.32 Å². The third-order valence-electron chi connectivity index (χ3n) is 3.37. The van der Waals surface area contributed by atoms with Crippen molar-refractivity contribution in [3.8, 4) is 0 Å². The van der Waals surface area contributed by atoms with Crippen molar-refractivity contribution in [2.24, 2.45) is 0 Å². The van der Waals surface area contributed by atoms with Gasteiger partial charge >= 0.3 is 0 Å². The van der Waals surface area contributed by atoms with E-state index < -0.39 is 0 Å². The molecule has 0 aliphatic carbocycles. The van der Waals surface area contributed by atoms with E-state index in [4.69, 9.17) is 0 Å². The van der Waals surface area contributed by atoms with Crippen LogP contribution in [0.1, 0.15) is 42.8 Å². The highest BCUT2D eigenvalue weighted by atomic mass is 79.9. The molecular formula is C15H19Br2N3. The number of nitrogens with zero attached hydrogens (tertiary/aromatic N) is 2. The Morgan fingerprint density at radius 2 is 1.90 bits per heavy atom. The van der Waals surface area contributed by atoms with Crippen molar-refractivity contribution in [1.82, 2.24) is 15.1 Å². The van der Waals surface area contributed by atoms with Crippen LogP contribution in [0, 0.1) is 6.92 Å². The summed E-state index contributed by atoms with van der Waals surface area (Å²) in [6.07, 6.45) is 1.86. The van der Waals surface area contributed by atoms with Gasteiger partial charge in [0.1, 0.15) is 0 Å². The van der Waals surface area contributed by atoms with Crippen LogP contribution in [0.3, 0.4) is 0 Å². The van der Waals surface area contributed by atoms with Gasteiger partial charge in [-0.3, -0.25) is 4.68 Å². The van der Waals surface area contributed by atoms with Gasteiger partial charge in [-0.05, 0) is 60.9 Å². The van der Waals surface area contributed by atoms with E-state index in [2.05, 4.69) is 85.9 Å². The minimum Gasteiger partial charge on any atom is -0.308 e. The summed E-state index contributed by atoms with van der Waals surface area (Å²) in [6, 6.07) is 6.88. The summed E-state index contributed by atoms with van der Waals surface area (Å²) in [7, 11) is 1.97. The Kier molecular flexibility index (Phi) is 5.04. The van der Waals surface area contributed by atoms with Gasteiger partial charge in [-0.25, -0.2) is 0 Å². The maximum absolute atomic E-state index is 4.47. The van der Waals surface area contributed by atoms with Crippen LogP contribution in [0.4, 0.5) is 0 Å². The molecule has 0 amide bonds. The lowest BCUT2D eigenvalue weighted by Gasteiger charge is -2.21. The summed E-state index contributed by atoms with van der Waals surface area (Å²) in [4.78, 5) is 0. The second-order valence-corrected chi connectivity index (χ2v) is 6.86. The zero-order chi connectivity index (χ0) is 14.9. The smallest absolute Gasteiger partial charge is 0.0757 e. The molecule has 0 spiro atoms. The molecular weight excluding hydrogens is 382 g/mol. The second kappa shape index (κ2) is 6.41. The molecule has 1 heterocycles. The van der Waals surface area contributed by atoms with E-state index in [1.807, 2.05) is 13.2 Å². The zero-order valence-corrected chi connectivity index (χ0v) is 15.3. The largest absolute Gasteiger partial charge is 0.308 e. The Bertz CT molecular complexity index is 605. The Labute approximate surface area is 137 Å². The van der Waals surface area contributed by atoms with Crippen molar-refractivity contribution < 1.29 is 0 Å². The van der Waals surface area contributed by atoms with Gasteiger partial charge in [0.15, 0.2) is 0 Å². The van der Waals surface area contributed by atoms with Crippen LogP contribution in [0.25, 0.3) is 0 Å². The van der Waals surface area contributed by atoms with Gasteiger partial charge in [0, 0.05) is 10.5 Å². The molecule has 3 nitrogen and oxygen atoms in total. The highest BCUT2D eigenvalue weighted by Crippen LogP contribution is 2.32. The zero-order valence-electron chi connectivity index (χ0n) is 12.1. The van der Waals surface area contributed by atoms with Gasteiger partial charge in [-0.1, -0.05) is 28.1 Å². The first-order chi connectivity index (χ1) is 9.45. The molecule has 0 bridgehead atoms. The van der Waals surface area contributed by atoms with Gasteiger partial charge in [0.05, 0.1) is 22.4 Å². The molecule has 0 fully saturated rings. The number of rotatable bonds is 4. The molecule has 0 saturated carbocycles. The number of aromatic nitrogens is 2. The molecule has 0 radical (unpaired) electrons. The summed E-state index contributed by atoms with van der Waals surface area (Å²) >= 11 is 7.23. The topological polar surface area (TPSA) is 29.9 Å². The van der Waals surface area contributed by atoms with Gasteiger partial charge in [0.2, 0.25) is 0 Å². The van der Waals surface area contributed by atoms with Crippen LogP contribution < -0.4 is 5.32 Å². The third-order valence-corrected chi connectivity index (χ3v) is 4.83. The fourth-order valence-electron chi connectivity index (χ4n) is 2.28. The number of hydrogen-bond donors (Lipinski definition) is 1. The SMILES string of the molecule is CNC(c1ccc(C)c(Br)c1)c1c(Br)cnn1C(C)C. The van der Waals surface area contributed by atoms with E-state index in [0.717, 1.165) is 14.6 Å². The monoisotopic (exact) mass is 399 g/mol. The molecule has 20 heavy (non-hydrogen) atoms. The van der Waals surface area contributed by atoms with Crippen molar-refractivity contribution >= 4 is 31.9 Å². The quantitative estimate of drug-likeness (QED) is 0.812. The van der Waals surface area contributed by atoms with Gasteiger partial charge in [-0.15, -0.1) is 0 Å². The van der Waals surface area contributed by atoms with Gasteiger partial charge in [-0.2, -0.15) is 5.10 Å². The summed E-state index contributed by atoms with van der Waals surface area (Å²) in [5.74, 6) is 0. The average Bonchev–Trinajstić information content (AvgIpc) is 2.77. The van der Waals surface area contributed by atoms with E-state index in [9.17, 15) is 0 Å². The average molecular weight is 401 g/mol. The highest BCUT2D eigenvalue weighted by Gasteiger charge is 2.22. The number of nitrogens with one attached hydrogen (secondary N) is 1. The van der Waals surface area contributed by atoms with E-state index in [-0.39, 0.29) is 6.04 Å². The van der Waals surface area contributed by atoms with Crippen molar-refractivity contribution in [1.29, 1.82) is 0 Å². The highest BCUT2D eigenvalue weighted by molar-refractivity contribution is 9.10. The van der Waals surface area contributed by atoms with Crippen LogP contribution in [-0.4, -0.2) is 16.8 Å². The second-order valence-electron chi connectivity index (χ2n) is 5.15. The van der Waals surface area contributed by atoms with Crippen molar-refractivity contribution in [3.63, 3.8) is 0 Å². The van der Waals surface area contributed by atoms with Crippen molar-refractivity contribution in [3.05, 3.63) is 50.2 Å². The lowest BCUT2D eigenvalue weighted by molar-refractivity contribution is 0.483. The number of aryl methyl sites for hydroxylation is 1. The molecule has 0 saturated heterocycles. The number of benzene rings is 1. The Hall–Kier alpha value is -0.650. The number of hydrogen-bond acceptors (Lipinski definition) is 2. The van der Waals surface area contributed by atoms with Crippen molar-refractivity contribution in [2.45, 2.75) is 32.9 Å². The maximum atomic E-state index is 4.47. The summed E-state index contributed by atoms with van der Waals surface area (Å²) < 4.78 is 4.21. The minimum atomic E-state index is 0.103. The standard InChI is InChI=1S/C15H19Br2N3/c1-9(2)20-15(13(17)8-19-20)14(18-4)11-6-5-10(3)12(16)7-11/h5-9,14,18H,1-4H3. The fraction of sp³-hybridized carbons (Fsp3) is 0.400. The van der Waals surface area contributed by atoms with Crippen molar-refractivity contribution in [2.75, 3.05) is 7.05 Å². The molecule has 2 aromatic rings. The lowest BCUT2D eigenvalue weighted by Crippen LogP contribution is -2.23. The summed E-state index contributed by atoms with van der Waals surface area (Å²) in [5.41, 5.74) is 3.60. The van der Waals surface area contributed by atoms with E-state index in [1.165, 1.54) is 11.1 Å². The normalized spacial score (nSPS) is 12.9. The third kappa shape index (κ3) is 3.00. The van der Waals surface area contributed by atoms with Crippen LogP contribution in [-0.2, 0) is 0 Å². The predicted molar refractivity (Wildman–Crippen MR) is 90.1 cm³/mol. The molecule has 108 valence electrons.